The van der Waals surface area contributed by atoms with Gasteiger partial charge in [-0.25, -0.2) is 4.98 Å². The molecule has 1 aromatic heterocycles. The number of carbonyl (C=O) groups is 1. The number of fused-ring (bicyclic) bond motifs is 1. The number of benzene rings is 1. The minimum absolute atomic E-state index is 0.110. The Morgan fingerprint density at radius 1 is 1.50 bits per heavy atom. The molecule has 5 nitrogen and oxygen atoms in total. The van der Waals surface area contributed by atoms with Gasteiger partial charge in [0.05, 0.1) is 11.0 Å². The predicted molar refractivity (Wildman–Crippen MR) is 50.5 cm³/mol. The summed E-state index contributed by atoms with van der Waals surface area (Å²) in [6, 6.07) is 7.31. The molecular formula is C9H7N3O2. The van der Waals surface area contributed by atoms with Crippen molar-refractivity contribution in [2.45, 2.75) is 0 Å². The summed E-state index contributed by atoms with van der Waals surface area (Å²) < 4.78 is 0. The van der Waals surface area contributed by atoms with Crippen molar-refractivity contribution in [2.24, 2.45) is 5.16 Å². The van der Waals surface area contributed by atoms with Crippen molar-refractivity contribution in [1.29, 1.82) is 0 Å². The van der Waals surface area contributed by atoms with Crippen LogP contribution in [0.3, 0.4) is 0 Å². The first kappa shape index (κ1) is 8.43. The van der Waals surface area contributed by atoms with Gasteiger partial charge < -0.3 is 10.2 Å². The fourth-order valence-corrected chi connectivity index (χ4v) is 1.20. The molecule has 0 saturated carbocycles. The number of para-hydroxylation sites is 2. The molecule has 0 aliphatic rings. The maximum absolute atomic E-state index is 10.5. The molecule has 2 N–H and O–H groups in total. The van der Waals surface area contributed by atoms with Crippen molar-refractivity contribution in [3.05, 3.63) is 30.1 Å². The van der Waals surface area contributed by atoms with E-state index in [-0.39, 0.29) is 11.5 Å². The molecule has 1 aromatic carbocycles. The highest BCUT2D eigenvalue weighted by Crippen LogP contribution is 2.10. The van der Waals surface area contributed by atoms with E-state index in [2.05, 4.69) is 15.1 Å². The molecule has 0 aliphatic heterocycles. The Morgan fingerprint density at radius 2 is 2.29 bits per heavy atom. The fraction of sp³-hybridized carbons (Fsp3) is 0. The quantitative estimate of drug-likeness (QED) is 0.319. The van der Waals surface area contributed by atoms with E-state index in [9.17, 15) is 4.79 Å². The minimum atomic E-state index is -0.110. The molecule has 14 heavy (non-hydrogen) atoms. The molecule has 0 atom stereocenters. The molecule has 0 aliphatic carbocycles. The van der Waals surface area contributed by atoms with Crippen LogP contribution in [0.25, 0.3) is 11.0 Å². The molecule has 0 spiro atoms. The van der Waals surface area contributed by atoms with Crippen molar-refractivity contribution >= 4 is 23.0 Å². The van der Waals surface area contributed by atoms with Gasteiger partial charge in [-0.2, -0.15) is 0 Å². The topological polar surface area (TPSA) is 78.3 Å². The first-order valence-corrected chi connectivity index (χ1v) is 3.97. The Bertz CT molecular complexity index is 468. The van der Waals surface area contributed by atoms with Crippen LogP contribution in [0, 0.1) is 0 Å². The number of nitrogens with zero attached hydrogens (tertiary/aromatic N) is 2. The highest BCUT2D eigenvalue weighted by molar-refractivity contribution is 6.35. The fourth-order valence-electron chi connectivity index (χ4n) is 1.20. The van der Waals surface area contributed by atoms with Crippen molar-refractivity contribution < 1.29 is 10.0 Å². The summed E-state index contributed by atoms with van der Waals surface area (Å²) in [5, 5.41) is 11.3. The lowest BCUT2D eigenvalue weighted by Gasteiger charge is -1.86. The van der Waals surface area contributed by atoms with Crippen LogP contribution in [0.5, 0.6) is 0 Å². The van der Waals surface area contributed by atoms with Gasteiger partial charge in [0.25, 0.3) is 0 Å². The third kappa shape index (κ3) is 1.24. The molecule has 70 valence electrons. The molecule has 0 saturated heterocycles. The Labute approximate surface area is 79.1 Å². The lowest BCUT2D eigenvalue weighted by Crippen LogP contribution is -2.04. The SMILES string of the molecule is O=C/C(=N/O)c1nc2ccccc2[nH]1. The van der Waals surface area contributed by atoms with Crippen LogP contribution < -0.4 is 0 Å². The van der Waals surface area contributed by atoms with E-state index in [1.54, 1.807) is 6.07 Å². The number of oxime groups is 1. The van der Waals surface area contributed by atoms with Gasteiger partial charge in [0.15, 0.2) is 17.8 Å². The van der Waals surface area contributed by atoms with Crippen LogP contribution in [0.4, 0.5) is 0 Å². The number of hydrogen-bond acceptors (Lipinski definition) is 4. The first-order valence-electron chi connectivity index (χ1n) is 3.97. The third-order valence-electron chi connectivity index (χ3n) is 1.85. The Balaban J connectivity index is 2.60. The highest BCUT2D eigenvalue weighted by atomic mass is 16.4. The number of aromatic amines is 1. The zero-order valence-electron chi connectivity index (χ0n) is 7.14. The lowest BCUT2D eigenvalue weighted by atomic mass is 10.3. The van der Waals surface area contributed by atoms with Gasteiger partial charge in [-0.05, 0) is 12.1 Å². The Kier molecular flexibility index (Phi) is 1.98. The number of aromatic nitrogens is 2. The maximum Gasteiger partial charge on any atom is 0.184 e. The van der Waals surface area contributed by atoms with E-state index >= 15 is 0 Å². The normalized spacial score (nSPS) is 11.9. The number of H-pyrrole nitrogens is 1. The summed E-state index contributed by atoms with van der Waals surface area (Å²) in [6.07, 6.45) is 0.442. The van der Waals surface area contributed by atoms with Crippen LogP contribution in [0.15, 0.2) is 29.4 Å². The van der Waals surface area contributed by atoms with Crippen LogP contribution >= 0.6 is 0 Å². The standard InChI is InChI=1S/C9H7N3O2/c13-5-8(12-14)9-10-6-3-1-2-4-7(6)11-9/h1-5,14H,(H,10,11)/b12-8-. The summed E-state index contributed by atoms with van der Waals surface area (Å²) >= 11 is 0. The summed E-state index contributed by atoms with van der Waals surface area (Å²) in [5.74, 6) is 0.267. The van der Waals surface area contributed by atoms with E-state index in [4.69, 9.17) is 5.21 Å². The van der Waals surface area contributed by atoms with Crippen LogP contribution in [0.2, 0.25) is 0 Å². The number of aldehydes is 1. The summed E-state index contributed by atoms with van der Waals surface area (Å²) in [4.78, 5) is 17.4. The highest BCUT2D eigenvalue weighted by Gasteiger charge is 2.08. The van der Waals surface area contributed by atoms with E-state index in [1.165, 1.54) is 0 Å². The molecule has 0 bridgehead atoms. The van der Waals surface area contributed by atoms with Gasteiger partial charge in [0, 0.05) is 0 Å². The largest absolute Gasteiger partial charge is 0.410 e. The molecule has 2 aromatic rings. The van der Waals surface area contributed by atoms with Crippen LogP contribution in [-0.2, 0) is 4.79 Å². The van der Waals surface area contributed by atoms with E-state index in [0.717, 1.165) is 11.0 Å². The average molecular weight is 189 g/mol. The average Bonchev–Trinajstić information content (AvgIpc) is 2.63. The van der Waals surface area contributed by atoms with Gasteiger partial charge in [-0.15, -0.1) is 0 Å². The van der Waals surface area contributed by atoms with Crippen LogP contribution in [0.1, 0.15) is 5.82 Å². The number of imidazole rings is 1. The monoisotopic (exact) mass is 189 g/mol. The van der Waals surface area contributed by atoms with E-state index < -0.39 is 0 Å². The van der Waals surface area contributed by atoms with E-state index in [1.807, 2.05) is 18.2 Å². The number of carbonyl (C=O) groups excluding carboxylic acids is 1. The molecule has 2 rings (SSSR count). The Hall–Kier alpha value is -2.17. The molecule has 0 amide bonds. The zero-order valence-corrected chi connectivity index (χ0v) is 7.14. The minimum Gasteiger partial charge on any atom is -0.410 e. The molecule has 5 heteroatoms. The molecule has 1 heterocycles. The molecule has 0 unspecified atom stereocenters. The number of rotatable bonds is 2. The van der Waals surface area contributed by atoms with Crippen molar-refractivity contribution in [3.63, 3.8) is 0 Å². The number of hydrogen-bond donors (Lipinski definition) is 2. The maximum atomic E-state index is 10.5. The summed E-state index contributed by atoms with van der Waals surface area (Å²) in [6.45, 7) is 0. The van der Waals surface area contributed by atoms with Gasteiger partial charge in [-0.3, -0.25) is 4.79 Å². The van der Waals surface area contributed by atoms with Gasteiger partial charge >= 0.3 is 0 Å². The van der Waals surface area contributed by atoms with Gasteiger partial charge in [-0.1, -0.05) is 17.3 Å². The van der Waals surface area contributed by atoms with Gasteiger partial charge in [0.1, 0.15) is 0 Å². The summed E-state index contributed by atoms with van der Waals surface area (Å²) in [5.41, 5.74) is 1.41. The molecule has 0 fully saturated rings. The molecular weight excluding hydrogens is 182 g/mol. The summed E-state index contributed by atoms with van der Waals surface area (Å²) in [7, 11) is 0. The molecule has 0 radical (unpaired) electrons. The van der Waals surface area contributed by atoms with Crippen molar-refractivity contribution in [2.75, 3.05) is 0 Å². The van der Waals surface area contributed by atoms with Crippen molar-refractivity contribution in [3.8, 4) is 0 Å². The second-order valence-electron chi connectivity index (χ2n) is 2.71. The Morgan fingerprint density at radius 3 is 2.93 bits per heavy atom. The first-order chi connectivity index (χ1) is 6.85. The third-order valence-corrected chi connectivity index (χ3v) is 1.85. The second kappa shape index (κ2) is 3.29. The van der Waals surface area contributed by atoms with Gasteiger partial charge in [0.2, 0.25) is 0 Å². The zero-order chi connectivity index (χ0) is 9.97. The second-order valence-corrected chi connectivity index (χ2v) is 2.71. The number of nitrogens with one attached hydrogen (secondary N) is 1. The van der Waals surface area contributed by atoms with E-state index in [0.29, 0.717) is 6.29 Å². The predicted octanol–water partition coefficient (Wildman–Crippen LogP) is 0.940. The smallest absolute Gasteiger partial charge is 0.184 e. The van der Waals surface area contributed by atoms with Crippen molar-refractivity contribution in [1.82, 2.24) is 9.97 Å². The lowest BCUT2D eigenvalue weighted by molar-refractivity contribution is -0.102. The van der Waals surface area contributed by atoms with Crippen LogP contribution in [-0.4, -0.2) is 27.2 Å².